The molecule has 0 saturated heterocycles. The lowest BCUT2D eigenvalue weighted by Crippen LogP contribution is -2.14. The van der Waals surface area contributed by atoms with Gasteiger partial charge in [-0.05, 0) is 6.92 Å². The second-order valence-electron chi connectivity index (χ2n) is 5.16. The second-order valence-corrected chi connectivity index (χ2v) is 7.87. The minimum Gasteiger partial charge on any atom is -0.495 e. The molecule has 1 aromatic carbocycles. The number of primary amides is 1. The predicted molar refractivity (Wildman–Crippen MR) is 104 cm³/mol. The summed E-state index contributed by atoms with van der Waals surface area (Å²) in [5.74, 6) is 0.374. The molecule has 0 saturated carbocycles. The van der Waals surface area contributed by atoms with Crippen molar-refractivity contribution in [3.05, 3.63) is 27.7 Å². The van der Waals surface area contributed by atoms with E-state index in [0.29, 0.717) is 26.5 Å². The summed E-state index contributed by atoms with van der Waals surface area (Å²) in [6.07, 6.45) is 0.151. The monoisotopic (exact) mass is 415 g/mol. The number of thioether (sulfide) groups is 1. The lowest BCUT2D eigenvalue weighted by Gasteiger charge is -2.12. The average molecular weight is 416 g/mol. The lowest BCUT2D eigenvalue weighted by atomic mass is 10.2. The van der Waals surface area contributed by atoms with E-state index in [0.717, 1.165) is 10.6 Å². The Kier molecular flexibility index (Phi) is 7.13. The predicted octanol–water partition coefficient (Wildman–Crippen LogP) is 2.88. The SMILES string of the molecule is COc1cc(NC(=O)CSc2nc(C)c(CC(N)=O)s2)c(OC)cc1Cl. The molecule has 0 aliphatic carbocycles. The maximum atomic E-state index is 12.2. The molecule has 1 heterocycles. The van der Waals surface area contributed by atoms with Crippen molar-refractivity contribution >= 4 is 52.2 Å². The van der Waals surface area contributed by atoms with Gasteiger partial charge in [-0.25, -0.2) is 4.98 Å². The van der Waals surface area contributed by atoms with Crippen molar-refractivity contribution in [2.75, 3.05) is 25.3 Å². The number of nitrogens with zero attached hydrogens (tertiary/aromatic N) is 1. The van der Waals surface area contributed by atoms with Crippen molar-refractivity contribution in [2.45, 2.75) is 17.7 Å². The number of thiazole rings is 1. The Hall–Kier alpha value is -1.97. The summed E-state index contributed by atoms with van der Waals surface area (Å²) in [6, 6.07) is 3.17. The number of hydrogen-bond donors (Lipinski definition) is 2. The quantitative estimate of drug-likeness (QED) is 0.642. The maximum Gasteiger partial charge on any atom is 0.234 e. The van der Waals surface area contributed by atoms with E-state index in [1.807, 2.05) is 6.92 Å². The van der Waals surface area contributed by atoms with E-state index in [-0.39, 0.29) is 18.1 Å². The minimum atomic E-state index is -0.408. The van der Waals surface area contributed by atoms with Crippen LogP contribution in [0.5, 0.6) is 11.5 Å². The van der Waals surface area contributed by atoms with Gasteiger partial charge in [0.25, 0.3) is 0 Å². The Balaban J connectivity index is 2.02. The van der Waals surface area contributed by atoms with Crippen LogP contribution in [0.4, 0.5) is 5.69 Å². The summed E-state index contributed by atoms with van der Waals surface area (Å²) in [7, 11) is 2.98. The molecule has 26 heavy (non-hydrogen) atoms. The van der Waals surface area contributed by atoms with Gasteiger partial charge >= 0.3 is 0 Å². The van der Waals surface area contributed by atoms with E-state index >= 15 is 0 Å². The zero-order valence-electron chi connectivity index (χ0n) is 14.4. The zero-order chi connectivity index (χ0) is 19.3. The third-order valence-electron chi connectivity index (χ3n) is 3.28. The summed E-state index contributed by atoms with van der Waals surface area (Å²) in [5.41, 5.74) is 6.42. The Labute approximate surface area is 164 Å². The highest BCUT2D eigenvalue weighted by Crippen LogP contribution is 2.36. The van der Waals surface area contributed by atoms with E-state index in [4.69, 9.17) is 26.8 Å². The van der Waals surface area contributed by atoms with E-state index in [1.54, 1.807) is 12.1 Å². The van der Waals surface area contributed by atoms with Gasteiger partial charge in [0.05, 0.1) is 42.8 Å². The summed E-state index contributed by atoms with van der Waals surface area (Å²) in [5, 5.41) is 3.15. The average Bonchev–Trinajstić information content (AvgIpc) is 2.93. The Morgan fingerprint density at radius 3 is 2.62 bits per heavy atom. The number of hydrogen-bond acceptors (Lipinski definition) is 7. The minimum absolute atomic E-state index is 0.150. The second kappa shape index (κ2) is 9.11. The topological polar surface area (TPSA) is 104 Å². The van der Waals surface area contributed by atoms with Crippen molar-refractivity contribution in [3.63, 3.8) is 0 Å². The van der Waals surface area contributed by atoms with Crippen molar-refractivity contribution in [2.24, 2.45) is 5.73 Å². The summed E-state index contributed by atoms with van der Waals surface area (Å²) in [6.45, 7) is 1.81. The number of ether oxygens (including phenoxy) is 2. The van der Waals surface area contributed by atoms with Crippen molar-refractivity contribution < 1.29 is 19.1 Å². The smallest absolute Gasteiger partial charge is 0.234 e. The van der Waals surface area contributed by atoms with Gasteiger partial charge in [0, 0.05) is 17.0 Å². The number of benzene rings is 1. The number of carbonyl (C=O) groups excluding carboxylic acids is 2. The number of rotatable bonds is 8. The van der Waals surface area contributed by atoms with Crippen LogP contribution in [-0.4, -0.2) is 36.8 Å². The van der Waals surface area contributed by atoms with Gasteiger partial charge in [-0.15, -0.1) is 11.3 Å². The number of nitrogens with one attached hydrogen (secondary N) is 1. The van der Waals surface area contributed by atoms with Crippen LogP contribution in [0, 0.1) is 6.92 Å². The number of anilines is 1. The first-order chi connectivity index (χ1) is 12.3. The lowest BCUT2D eigenvalue weighted by molar-refractivity contribution is -0.117. The van der Waals surface area contributed by atoms with Gasteiger partial charge in [-0.1, -0.05) is 23.4 Å². The molecule has 3 N–H and O–H groups in total. The van der Waals surface area contributed by atoms with E-state index in [1.165, 1.54) is 37.3 Å². The van der Waals surface area contributed by atoms with Gasteiger partial charge in [-0.3, -0.25) is 9.59 Å². The first-order valence-electron chi connectivity index (χ1n) is 7.42. The molecule has 1 aromatic heterocycles. The van der Waals surface area contributed by atoms with Crippen LogP contribution in [0.2, 0.25) is 5.02 Å². The Morgan fingerprint density at radius 1 is 1.31 bits per heavy atom. The molecule has 0 spiro atoms. The highest BCUT2D eigenvalue weighted by Gasteiger charge is 2.15. The number of aromatic nitrogens is 1. The number of nitrogens with two attached hydrogens (primary N) is 1. The van der Waals surface area contributed by atoms with E-state index in [9.17, 15) is 9.59 Å². The molecule has 0 atom stereocenters. The number of amides is 2. The highest BCUT2D eigenvalue weighted by atomic mass is 35.5. The zero-order valence-corrected chi connectivity index (χ0v) is 16.8. The first kappa shape index (κ1) is 20.3. The van der Waals surface area contributed by atoms with Crippen LogP contribution in [-0.2, 0) is 16.0 Å². The van der Waals surface area contributed by atoms with Gasteiger partial charge in [0.2, 0.25) is 11.8 Å². The van der Waals surface area contributed by atoms with Crippen LogP contribution in [0.15, 0.2) is 16.5 Å². The van der Waals surface area contributed by atoms with Crippen molar-refractivity contribution in [1.82, 2.24) is 4.98 Å². The fourth-order valence-electron chi connectivity index (χ4n) is 2.06. The van der Waals surface area contributed by atoms with Gasteiger partial charge in [0.15, 0.2) is 4.34 Å². The van der Waals surface area contributed by atoms with Gasteiger partial charge in [-0.2, -0.15) is 0 Å². The fraction of sp³-hybridized carbons (Fsp3) is 0.312. The molecule has 0 bridgehead atoms. The number of halogens is 1. The molecule has 10 heteroatoms. The fourth-order valence-corrected chi connectivity index (χ4v) is 4.33. The molecule has 0 radical (unpaired) electrons. The van der Waals surface area contributed by atoms with E-state index < -0.39 is 5.91 Å². The molecule has 0 aliphatic heterocycles. The molecular weight excluding hydrogens is 398 g/mol. The highest BCUT2D eigenvalue weighted by molar-refractivity contribution is 8.01. The van der Waals surface area contributed by atoms with Crippen LogP contribution >= 0.6 is 34.7 Å². The molecule has 0 fully saturated rings. The summed E-state index contributed by atoms with van der Waals surface area (Å²) in [4.78, 5) is 28.4. The van der Waals surface area contributed by atoms with Gasteiger partial charge in [0.1, 0.15) is 11.5 Å². The van der Waals surface area contributed by atoms with Crippen molar-refractivity contribution in [1.29, 1.82) is 0 Å². The number of methoxy groups -OCH3 is 2. The molecule has 2 amide bonds. The van der Waals surface area contributed by atoms with Crippen LogP contribution in [0.25, 0.3) is 0 Å². The summed E-state index contributed by atoms with van der Waals surface area (Å²) >= 11 is 8.69. The van der Waals surface area contributed by atoms with E-state index in [2.05, 4.69) is 10.3 Å². The molecule has 0 unspecified atom stereocenters. The Morgan fingerprint density at radius 2 is 2.00 bits per heavy atom. The third kappa shape index (κ3) is 5.26. The number of carbonyl (C=O) groups is 2. The molecule has 0 aliphatic rings. The van der Waals surface area contributed by atoms with Crippen LogP contribution in [0.3, 0.4) is 0 Å². The van der Waals surface area contributed by atoms with Crippen LogP contribution in [0.1, 0.15) is 10.6 Å². The molecule has 7 nitrogen and oxygen atoms in total. The standard InChI is InChI=1S/C16H18ClN3O4S2/c1-8-13(6-14(18)21)26-16(19-8)25-7-15(22)20-10-5-11(23-2)9(17)4-12(10)24-3/h4-5H,6-7H2,1-3H3,(H2,18,21)(H,20,22). The largest absolute Gasteiger partial charge is 0.495 e. The molecule has 2 aromatic rings. The molecule has 2 rings (SSSR count). The Bertz CT molecular complexity index is 826. The molecular formula is C16H18ClN3O4S2. The maximum absolute atomic E-state index is 12.2. The number of aryl methyl sites for hydroxylation is 1. The van der Waals surface area contributed by atoms with Gasteiger partial charge < -0.3 is 20.5 Å². The first-order valence-corrected chi connectivity index (χ1v) is 9.60. The summed E-state index contributed by atoms with van der Waals surface area (Å²) < 4.78 is 11.1. The third-order valence-corrected chi connectivity index (χ3v) is 5.88. The normalized spacial score (nSPS) is 10.5. The van der Waals surface area contributed by atoms with Crippen molar-refractivity contribution in [3.8, 4) is 11.5 Å². The van der Waals surface area contributed by atoms with Crippen LogP contribution < -0.4 is 20.5 Å². The molecule has 140 valence electrons.